The third-order valence-corrected chi connectivity index (χ3v) is 4.39. The number of aromatic amines is 1. The fourth-order valence-electron chi connectivity index (χ4n) is 3.08. The van der Waals surface area contributed by atoms with Crippen LogP contribution in [-0.4, -0.2) is 64.5 Å². The molecule has 2 aliphatic rings. The predicted octanol–water partition coefficient (Wildman–Crippen LogP) is -0.754. The molecule has 0 saturated carbocycles. The molecule has 0 amide bonds. The van der Waals surface area contributed by atoms with Crippen molar-refractivity contribution in [1.29, 1.82) is 0 Å². The predicted molar refractivity (Wildman–Crippen MR) is 83.4 cm³/mol. The maximum atomic E-state index is 12.7. The number of H-pyrrole nitrogens is 1. The number of hydrogen-bond acceptors (Lipinski definition) is 6. The summed E-state index contributed by atoms with van der Waals surface area (Å²) >= 11 is 0. The lowest BCUT2D eigenvalue weighted by molar-refractivity contribution is 0.0335. The molecule has 0 radical (unpaired) electrons. The first-order valence-corrected chi connectivity index (χ1v) is 8.07. The molecule has 2 N–H and O–H groups in total. The molecule has 1 atom stereocenters. The Morgan fingerprint density at radius 1 is 1.25 bits per heavy atom. The average Bonchev–Trinajstić information content (AvgIpc) is 3.08. The van der Waals surface area contributed by atoms with Gasteiger partial charge in [-0.1, -0.05) is 0 Å². The monoisotopic (exact) mass is 339 g/mol. The van der Waals surface area contributed by atoms with Gasteiger partial charge < -0.3 is 19.6 Å². The largest absolute Gasteiger partial charge is 0.477 e. The molecule has 0 bridgehead atoms. The Kier molecular flexibility index (Phi) is 5.12. The highest BCUT2D eigenvalue weighted by molar-refractivity contribution is 5.86. The van der Waals surface area contributed by atoms with E-state index in [9.17, 15) is 19.5 Å². The number of nitrogens with one attached hydrogen (secondary N) is 1. The van der Waals surface area contributed by atoms with Crippen molar-refractivity contribution in [3.05, 3.63) is 32.1 Å². The summed E-state index contributed by atoms with van der Waals surface area (Å²) in [4.78, 5) is 40.6. The van der Waals surface area contributed by atoms with E-state index in [0.29, 0.717) is 32.9 Å². The Labute approximate surface area is 137 Å². The summed E-state index contributed by atoms with van der Waals surface area (Å²) in [5.74, 6) is -1.31. The van der Waals surface area contributed by atoms with E-state index >= 15 is 0 Å². The number of morpholine rings is 1. The van der Waals surface area contributed by atoms with Gasteiger partial charge in [-0.05, 0) is 12.8 Å². The zero-order valence-corrected chi connectivity index (χ0v) is 13.3. The fraction of sp³-hybridized carbons (Fsp3) is 0.667. The first kappa shape index (κ1) is 16.9. The van der Waals surface area contributed by atoms with Crippen LogP contribution in [0, 0.1) is 0 Å². The van der Waals surface area contributed by atoms with E-state index in [0.717, 1.165) is 17.4 Å². The topological polar surface area (TPSA) is 114 Å². The number of ether oxygens (including phenoxy) is 2. The Morgan fingerprint density at radius 2 is 2.00 bits per heavy atom. The second-order valence-corrected chi connectivity index (χ2v) is 6.03. The number of aromatic carboxylic acids is 1. The maximum absolute atomic E-state index is 12.7. The first-order valence-electron chi connectivity index (χ1n) is 8.07. The van der Waals surface area contributed by atoms with Crippen molar-refractivity contribution < 1.29 is 19.4 Å². The van der Waals surface area contributed by atoms with Crippen molar-refractivity contribution in [2.75, 3.05) is 32.9 Å². The average molecular weight is 339 g/mol. The molecule has 132 valence electrons. The minimum absolute atomic E-state index is 0.0991. The van der Waals surface area contributed by atoms with Gasteiger partial charge in [-0.15, -0.1) is 0 Å². The van der Waals surface area contributed by atoms with Crippen molar-refractivity contribution in [2.24, 2.45) is 0 Å². The highest BCUT2D eigenvalue weighted by Gasteiger charge is 2.24. The molecule has 1 aromatic rings. The van der Waals surface area contributed by atoms with Crippen molar-refractivity contribution in [2.45, 2.75) is 32.0 Å². The van der Waals surface area contributed by atoms with Crippen LogP contribution in [0.1, 0.15) is 28.9 Å². The van der Waals surface area contributed by atoms with Crippen LogP contribution in [0.5, 0.6) is 0 Å². The van der Waals surface area contributed by atoms with E-state index in [1.165, 1.54) is 0 Å². The lowest BCUT2D eigenvalue weighted by Gasteiger charge is -2.26. The Hall–Kier alpha value is -1.97. The number of carboxylic acids is 1. The van der Waals surface area contributed by atoms with Gasteiger partial charge in [0.1, 0.15) is 5.69 Å². The molecule has 24 heavy (non-hydrogen) atoms. The summed E-state index contributed by atoms with van der Waals surface area (Å²) in [5, 5.41) is 9.33. The quantitative estimate of drug-likeness (QED) is 0.725. The van der Waals surface area contributed by atoms with Gasteiger partial charge in [0.15, 0.2) is 0 Å². The summed E-state index contributed by atoms with van der Waals surface area (Å²) in [6.45, 7) is 3.24. The molecule has 2 fully saturated rings. The van der Waals surface area contributed by atoms with Gasteiger partial charge in [0.25, 0.3) is 5.56 Å². The second kappa shape index (κ2) is 7.29. The lowest BCUT2D eigenvalue weighted by Crippen LogP contribution is -2.44. The third kappa shape index (κ3) is 3.58. The van der Waals surface area contributed by atoms with Gasteiger partial charge in [-0.2, -0.15) is 0 Å². The summed E-state index contributed by atoms with van der Waals surface area (Å²) in [5.41, 5.74) is -1.50. The molecule has 0 unspecified atom stereocenters. The summed E-state index contributed by atoms with van der Waals surface area (Å²) < 4.78 is 11.8. The Morgan fingerprint density at radius 3 is 2.62 bits per heavy atom. The van der Waals surface area contributed by atoms with Gasteiger partial charge in [0.2, 0.25) is 0 Å². The van der Waals surface area contributed by atoms with Crippen LogP contribution in [0.4, 0.5) is 0 Å². The van der Waals surface area contributed by atoms with Gasteiger partial charge in [-0.25, -0.2) is 9.59 Å². The van der Waals surface area contributed by atoms with Crippen LogP contribution in [-0.2, 0) is 22.6 Å². The number of carboxylic acid groups (broad SMARTS) is 1. The molecule has 9 heteroatoms. The van der Waals surface area contributed by atoms with Crippen LogP contribution < -0.4 is 11.2 Å². The zero-order chi connectivity index (χ0) is 17.1. The number of carbonyl (C=O) groups is 1. The third-order valence-electron chi connectivity index (χ3n) is 4.39. The van der Waals surface area contributed by atoms with Crippen molar-refractivity contribution in [3.63, 3.8) is 0 Å². The smallest absolute Gasteiger partial charge is 0.352 e. The van der Waals surface area contributed by atoms with E-state index in [1.807, 2.05) is 4.90 Å². The SMILES string of the molecule is O=C(O)c1[nH]c(=O)n(C[C@H]2CCCO2)c(=O)c1CN1CCOCC1. The van der Waals surface area contributed by atoms with Gasteiger partial charge in [0, 0.05) is 26.2 Å². The molecule has 3 rings (SSSR count). The molecule has 0 aliphatic carbocycles. The van der Waals surface area contributed by atoms with E-state index in [1.54, 1.807) is 0 Å². The lowest BCUT2D eigenvalue weighted by atomic mass is 10.2. The summed E-state index contributed by atoms with van der Waals surface area (Å²) in [6.07, 6.45) is 1.49. The van der Waals surface area contributed by atoms with E-state index in [2.05, 4.69) is 4.98 Å². The van der Waals surface area contributed by atoms with Crippen LogP contribution in [0.25, 0.3) is 0 Å². The highest BCUT2D eigenvalue weighted by Crippen LogP contribution is 2.13. The minimum atomic E-state index is -1.31. The van der Waals surface area contributed by atoms with E-state index in [-0.39, 0.29) is 30.5 Å². The Bertz CT molecular complexity index is 713. The summed E-state index contributed by atoms with van der Waals surface area (Å²) in [6, 6.07) is 0. The first-order chi connectivity index (χ1) is 11.6. The standard InChI is InChI=1S/C15H21N3O6/c19-13-11(9-17-3-6-23-7-4-17)12(14(20)21)16-15(22)18(13)8-10-2-1-5-24-10/h10H,1-9H2,(H,16,22)(H,20,21)/t10-/m1/s1. The maximum Gasteiger partial charge on any atom is 0.352 e. The normalized spacial score (nSPS) is 21.9. The summed E-state index contributed by atoms with van der Waals surface area (Å²) in [7, 11) is 0. The van der Waals surface area contributed by atoms with Crippen molar-refractivity contribution in [3.8, 4) is 0 Å². The van der Waals surface area contributed by atoms with Gasteiger partial charge >= 0.3 is 11.7 Å². The molecule has 3 heterocycles. The van der Waals surface area contributed by atoms with E-state index < -0.39 is 17.2 Å². The van der Waals surface area contributed by atoms with Crippen LogP contribution in [0.15, 0.2) is 9.59 Å². The van der Waals surface area contributed by atoms with Gasteiger partial charge in [-0.3, -0.25) is 14.3 Å². The van der Waals surface area contributed by atoms with Crippen LogP contribution >= 0.6 is 0 Å². The van der Waals surface area contributed by atoms with Crippen molar-refractivity contribution >= 4 is 5.97 Å². The van der Waals surface area contributed by atoms with E-state index in [4.69, 9.17) is 9.47 Å². The number of nitrogens with zero attached hydrogens (tertiary/aromatic N) is 2. The van der Waals surface area contributed by atoms with Crippen LogP contribution in [0.2, 0.25) is 0 Å². The molecular formula is C15H21N3O6. The Balaban J connectivity index is 1.95. The number of aromatic nitrogens is 2. The molecule has 2 saturated heterocycles. The second-order valence-electron chi connectivity index (χ2n) is 6.03. The molecule has 0 spiro atoms. The molecule has 0 aromatic carbocycles. The zero-order valence-electron chi connectivity index (χ0n) is 13.3. The molecule has 9 nitrogen and oxygen atoms in total. The van der Waals surface area contributed by atoms with Crippen molar-refractivity contribution in [1.82, 2.24) is 14.5 Å². The van der Waals surface area contributed by atoms with Gasteiger partial charge in [0.05, 0.1) is 31.4 Å². The molecule has 2 aliphatic heterocycles. The highest BCUT2D eigenvalue weighted by atomic mass is 16.5. The number of rotatable bonds is 5. The van der Waals surface area contributed by atoms with Crippen LogP contribution in [0.3, 0.4) is 0 Å². The minimum Gasteiger partial charge on any atom is -0.477 e. The molecular weight excluding hydrogens is 318 g/mol. The molecule has 1 aromatic heterocycles. The fourth-order valence-corrected chi connectivity index (χ4v) is 3.08. The number of hydrogen-bond donors (Lipinski definition) is 2.